The van der Waals surface area contributed by atoms with Crippen LogP contribution in [-0.2, 0) is 9.59 Å². The maximum atomic E-state index is 11.4. The summed E-state index contributed by atoms with van der Waals surface area (Å²) in [5.74, 6) is -0.762. The van der Waals surface area contributed by atoms with Gasteiger partial charge in [0.05, 0.1) is 19.2 Å². The first-order valence-corrected chi connectivity index (χ1v) is 6.01. The van der Waals surface area contributed by atoms with Crippen molar-refractivity contribution in [2.24, 2.45) is 5.73 Å². The summed E-state index contributed by atoms with van der Waals surface area (Å²) >= 11 is 0. The van der Waals surface area contributed by atoms with E-state index in [1.54, 1.807) is 0 Å². The molecule has 7 heteroatoms. The standard InChI is InChI=1S/C13H19N3O3.ClH/c1-9-2-4-10(5-3-9)11(17)7-15-13(19)8-16-12(18)6-14;/h2-5,11,17H,6-8,14H2,1H3,(H,15,19)(H,16,18);1H. The van der Waals surface area contributed by atoms with E-state index in [0.29, 0.717) is 0 Å². The Hall–Kier alpha value is -1.63. The van der Waals surface area contributed by atoms with E-state index in [2.05, 4.69) is 10.6 Å². The van der Waals surface area contributed by atoms with Gasteiger partial charge in [-0.15, -0.1) is 12.4 Å². The highest BCUT2D eigenvalue weighted by Gasteiger charge is 2.09. The van der Waals surface area contributed by atoms with E-state index >= 15 is 0 Å². The molecule has 0 aromatic heterocycles. The first kappa shape index (κ1) is 18.4. The van der Waals surface area contributed by atoms with Crippen LogP contribution in [0.4, 0.5) is 0 Å². The molecule has 1 atom stereocenters. The van der Waals surface area contributed by atoms with Crippen molar-refractivity contribution >= 4 is 24.2 Å². The molecule has 112 valence electrons. The summed E-state index contributed by atoms with van der Waals surface area (Å²) in [7, 11) is 0. The molecule has 1 aromatic carbocycles. The molecule has 0 spiro atoms. The minimum atomic E-state index is -0.769. The number of nitrogens with one attached hydrogen (secondary N) is 2. The van der Waals surface area contributed by atoms with Gasteiger partial charge in [0, 0.05) is 6.54 Å². The van der Waals surface area contributed by atoms with E-state index in [1.165, 1.54) is 0 Å². The van der Waals surface area contributed by atoms with Crippen LogP contribution in [0, 0.1) is 6.92 Å². The quantitative estimate of drug-likeness (QED) is 0.576. The molecule has 1 aromatic rings. The van der Waals surface area contributed by atoms with Crippen LogP contribution in [0.25, 0.3) is 0 Å². The zero-order valence-corrected chi connectivity index (χ0v) is 12.1. The topological polar surface area (TPSA) is 104 Å². The lowest BCUT2D eigenvalue weighted by molar-refractivity contribution is -0.125. The third-order valence-electron chi connectivity index (χ3n) is 2.59. The van der Waals surface area contributed by atoms with Crippen LogP contribution in [0.1, 0.15) is 17.2 Å². The fourth-order valence-electron chi connectivity index (χ4n) is 1.43. The highest BCUT2D eigenvalue weighted by molar-refractivity contribution is 5.85. The van der Waals surface area contributed by atoms with Crippen LogP contribution in [0.2, 0.25) is 0 Å². The molecule has 0 radical (unpaired) electrons. The van der Waals surface area contributed by atoms with Crippen molar-refractivity contribution in [2.75, 3.05) is 19.6 Å². The van der Waals surface area contributed by atoms with Gasteiger partial charge >= 0.3 is 0 Å². The van der Waals surface area contributed by atoms with Crippen LogP contribution in [0.3, 0.4) is 0 Å². The minimum Gasteiger partial charge on any atom is -0.387 e. The number of halogens is 1. The van der Waals surface area contributed by atoms with Crippen LogP contribution in [0.15, 0.2) is 24.3 Å². The fraction of sp³-hybridized carbons (Fsp3) is 0.385. The highest BCUT2D eigenvalue weighted by Crippen LogP contribution is 2.12. The molecule has 0 aliphatic carbocycles. The highest BCUT2D eigenvalue weighted by atomic mass is 35.5. The van der Waals surface area contributed by atoms with Gasteiger partial charge in [0.25, 0.3) is 0 Å². The average Bonchev–Trinajstić information content (AvgIpc) is 2.42. The number of aryl methyl sites for hydroxylation is 1. The van der Waals surface area contributed by atoms with E-state index in [9.17, 15) is 14.7 Å². The molecule has 0 saturated carbocycles. The number of rotatable bonds is 6. The Morgan fingerprint density at radius 2 is 1.80 bits per heavy atom. The molecule has 0 aliphatic heterocycles. The lowest BCUT2D eigenvalue weighted by Crippen LogP contribution is -2.40. The number of hydrogen-bond donors (Lipinski definition) is 4. The summed E-state index contributed by atoms with van der Waals surface area (Å²) in [5.41, 5.74) is 6.92. The van der Waals surface area contributed by atoms with Gasteiger partial charge in [-0.25, -0.2) is 0 Å². The fourth-order valence-corrected chi connectivity index (χ4v) is 1.43. The van der Waals surface area contributed by atoms with Crippen molar-refractivity contribution in [1.82, 2.24) is 10.6 Å². The summed E-state index contributed by atoms with van der Waals surface area (Å²) in [6, 6.07) is 7.40. The van der Waals surface area contributed by atoms with Crippen LogP contribution in [-0.4, -0.2) is 36.6 Å². The van der Waals surface area contributed by atoms with Gasteiger partial charge in [-0.3, -0.25) is 9.59 Å². The van der Waals surface area contributed by atoms with Crippen LogP contribution in [0.5, 0.6) is 0 Å². The van der Waals surface area contributed by atoms with Crippen molar-refractivity contribution in [3.63, 3.8) is 0 Å². The lowest BCUT2D eigenvalue weighted by Gasteiger charge is -2.12. The van der Waals surface area contributed by atoms with Gasteiger partial charge in [0.2, 0.25) is 11.8 Å². The van der Waals surface area contributed by atoms with Gasteiger partial charge in [-0.1, -0.05) is 29.8 Å². The first-order chi connectivity index (χ1) is 9.02. The number of hydrogen-bond acceptors (Lipinski definition) is 4. The smallest absolute Gasteiger partial charge is 0.239 e. The summed E-state index contributed by atoms with van der Waals surface area (Å²) in [4.78, 5) is 22.2. The van der Waals surface area contributed by atoms with Crippen molar-refractivity contribution in [3.05, 3.63) is 35.4 Å². The van der Waals surface area contributed by atoms with E-state index in [0.717, 1.165) is 11.1 Å². The Labute approximate surface area is 124 Å². The van der Waals surface area contributed by atoms with Gasteiger partial charge < -0.3 is 21.5 Å². The molecular formula is C13H20ClN3O3. The van der Waals surface area contributed by atoms with Crippen LogP contribution >= 0.6 is 12.4 Å². The predicted octanol–water partition coefficient (Wildman–Crippen LogP) is -0.359. The Bertz CT molecular complexity index is 437. The van der Waals surface area contributed by atoms with Gasteiger partial charge in [-0.2, -0.15) is 0 Å². The molecule has 20 heavy (non-hydrogen) atoms. The summed E-state index contributed by atoms with van der Waals surface area (Å²) in [5, 5.41) is 14.7. The maximum absolute atomic E-state index is 11.4. The number of aliphatic hydroxyl groups excluding tert-OH is 1. The predicted molar refractivity (Wildman–Crippen MR) is 78.5 cm³/mol. The van der Waals surface area contributed by atoms with Gasteiger partial charge in [0.1, 0.15) is 0 Å². The van der Waals surface area contributed by atoms with E-state index in [-0.39, 0.29) is 37.9 Å². The molecule has 0 saturated heterocycles. The molecule has 0 aliphatic rings. The molecular weight excluding hydrogens is 282 g/mol. The number of amides is 2. The molecule has 1 rings (SSSR count). The molecule has 5 N–H and O–H groups in total. The average molecular weight is 302 g/mol. The Kier molecular flexibility index (Phi) is 8.54. The Morgan fingerprint density at radius 1 is 1.20 bits per heavy atom. The summed E-state index contributed by atoms with van der Waals surface area (Å²) < 4.78 is 0. The number of benzene rings is 1. The monoisotopic (exact) mass is 301 g/mol. The van der Waals surface area contributed by atoms with E-state index < -0.39 is 12.0 Å². The number of nitrogens with two attached hydrogens (primary N) is 1. The van der Waals surface area contributed by atoms with Gasteiger partial charge in [-0.05, 0) is 12.5 Å². The molecule has 1 unspecified atom stereocenters. The second-order valence-corrected chi connectivity index (χ2v) is 4.21. The number of carbonyl (C=O) groups excluding carboxylic acids is 2. The van der Waals surface area contributed by atoms with Crippen molar-refractivity contribution in [3.8, 4) is 0 Å². The third kappa shape index (κ3) is 6.51. The van der Waals surface area contributed by atoms with Crippen molar-refractivity contribution in [1.29, 1.82) is 0 Å². The SMILES string of the molecule is Cc1ccc(C(O)CNC(=O)CNC(=O)CN)cc1.Cl. The van der Waals surface area contributed by atoms with E-state index in [1.807, 2.05) is 31.2 Å². The largest absolute Gasteiger partial charge is 0.387 e. The maximum Gasteiger partial charge on any atom is 0.239 e. The molecule has 0 heterocycles. The number of aliphatic hydroxyl groups is 1. The minimum absolute atomic E-state index is 0. The van der Waals surface area contributed by atoms with Gasteiger partial charge in [0.15, 0.2) is 0 Å². The van der Waals surface area contributed by atoms with Crippen molar-refractivity contribution < 1.29 is 14.7 Å². The third-order valence-corrected chi connectivity index (χ3v) is 2.59. The Balaban J connectivity index is 0.00000361. The zero-order valence-electron chi connectivity index (χ0n) is 11.3. The second kappa shape index (κ2) is 9.30. The zero-order chi connectivity index (χ0) is 14.3. The molecule has 0 fully saturated rings. The Morgan fingerprint density at radius 3 is 2.35 bits per heavy atom. The summed E-state index contributed by atoms with van der Waals surface area (Å²) in [6.45, 7) is 1.76. The lowest BCUT2D eigenvalue weighted by atomic mass is 10.1. The second-order valence-electron chi connectivity index (χ2n) is 4.21. The van der Waals surface area contributed by atoms with E-state index in [4.69, 9.17) is 5.73 Å². The first-order valence-electron chi connectivity index (χ1n) is 6.01. The normalized spacial score (nSPS) is 11.2. The molecule has 2 amide bonds. The number of carbonyl (C=O) groups is 2. The van der Waals surface area contributed by atoms with Crippen LogP contribution < -0.4 is 16.4 Å². The van der Waals surface area contributed by atoms with Crippen molar-refractivity contribution in [2.45, 2.75) is 13.0 Å². The molecule has 6 nitrogen and oxygen atoms in total. The summed E-state index contributed by atoms with van der Waals surface area (Å²) in [6.07, 6.45) is -0.769. The molecule has 0 bridgehead atoms.